The Morgan fingerprint density at radius 3 is 2.35 bits per heavy atom. The van der Waals surface area contributed by atoms with Gasteiger partial charge in [-0.25, -0.2) is 0 Å². The molecule has 0 aliphatic carbocycles. The Morgan fingerprint density at radius 2 is 1.61 bits per heavy atom. The Labute approximate surface area is 178 Å². The molecule has 0 aliphatic heterocycles. The van der Waals surface area contributed by atoms with Crippen molar-refractivity contribution in [2.75, 3.05) is 19.5 Å². The first kappa shape index (κ1) is 20.0. The monoisotopic (exact) mass is 416 g/mol. The summed E-state index contributed by atoms with van der Waals surface area (Å²) in [6.07, 6.45) is 1.60. The molecular weight excluding hydrogens is 396 g/mol. The molecule has 156 valence electrons. The van der Waals surface area contributed by atoms with Gasteiger partial charge in [0.05, 0.1) is 25.3 Å². The highest BCUT2D eigenvalue weighted by Gasteiger charge is 2.17. The lowest BCUT2D eigenvalue weighted by atomic mass is 10.1. The number of nitrogens with one attached hydrogen (secondary N) is 1. The van der Waals surface area contributed by atoms with Crippen molar-refractivity contribution in [3.05, 3.63) is 78.5 Å². The number of nitrogens with zero attached hydrogens (tertiary/aromatic N) is 1. The van der Waals surface area contributed by atoms with Crippen molar-refractivity contribution in [3.63, 3.8) is 0 Å². The molecule has 4 aromatic rings. The highest BCUT2D eigenvalue weighted by molar-refractivity contribution is 6.06. The second-order valence-corrected chi connectivity index (χ2v) is 6.64. The van der Waals surface area contributed by atoms with Crippen molar-refractivity contribution in [2.24, 2.45) is 0 Å². The first-order chi connectivity index (χ1) is 15.1. The van der Waals surface area contributed by atoms with Crippen LogP contribution in [0.1, 0.15) is 10.4 Å². The molecule has 1 amide bonds. The minimum absolute atomic E-state index is 0.0449. The summed E-state index contributed by atoms with van der Waals surface area (Å²) in [5, 5.41) is 13.4. The number of phenols is 1. The molecule has 3 aromatic carbocycles. The second-order valence-electron chi connectivity index (χ2n) is 6.64. The highest BCUT2D eigenvalue weighted by atomic mass is 16.5. The third-order valence-corrected chi connectivity index (χ3v) is 4.67. The van der Waals surface area contributed by atoms with Crippen molar-refractivity contribution in [1.29, 1.82) is 0 Å². The van der Waals surface area contributed by atoms with E-state index in [0.29, 0.717) is 33.8 Å². The molecule has 0 bridgehead atoms. The van der Waals surface area contributed by atoms with E-state index in [2.05, 4.69) is 10.3 Å². The van der Waals surface area contributed by atoms with Gasteiger partial charge in [-0.2, -0.15) is 0 Å². The van der Waals surface area contributed by atoms with Gasteiger partial charge in [0.2, 0.25) is 0 Å². The number of amides is 1. The number of fused-ring (bicyclic) bond motifs is 1. The number of hydrogen-bond acceptors (Lipinski definition) is 6. The molecule has 31 heavy (non-hydrogen) atoms. The maximum Gasteiger partial charge on any atom is 0.259 e. The lowest BCUT2D eigenvalue weighted by Crippen LogP contribution is -2.13. The Bertz CT molecular complexity index is 1240. The third-order valence-electron chi connectivity index (χ3n) is 4.67. The van der Waals surface area contributed by atoms with Crippen LogP contribution in [0.3, 0.4) is 0 Å². The molecule has 0 fully saturated rings. The average Bonchev–Trinajstić information content (AvgIpc) is 2.80. The molecular formula is C24H20N2O5. The van der Waals surface area contributed by atoms with Gasteiger partial charge in [-0.15, -0.1) is 0 Å². The number of carbonyl (C=O) groups is 1. The number of aromatic nitrogens is 1. The Morgan fingerprint density at radius 1 is 0.871 bits per heavy atom. The Hall–Kier alpha value is -4.26. The number of para-hydroxylation sites is 1. The average molecular weight is 416 g/mol. The fraction of sp³-hybridized carbons (Fsp3) is 0.0833. The van der Waals surface area contributed by atoms with Crippen LogP contribution in [0.2, 0.25) is 0 Å². The normalized spacial score (nSPS) is 10.5. The van der Waals surface area contributed by atoms with Gasteiger partial charge >= 0.3 is 0 Å². The van der Waals surface area contributed by atoms with Crippen LogP contribution < -0.4 is 19.5 Å². The quantitative estimate of drug-likeness (QED) is 0.460. The van der Waals surface area contributed by atoms with Crippen LogP contribution in [-0.4, -0.2) is 30.2 Å². The molecule has 0 saturated heterocycles. The summed E-state index contributed by atoms with van der Waals surface area (Å²) in [6, 6.07) is 18.6. The maximum atomic E-state index is 12.9. The van der Waals surface area contributed by atoms with E-state index < -0.39 is 5.91 Å². The minimum Gasteiger partial charge on any atom is -0.508 e. The van der Waals surface area contributed by atoms with E-state index in [9.17, 15) is 9.90 Å². The molecule has 0 saturated carbocycles. The van der Waals surface area contributed by atoms with E-state index in [1.165, 1.54) is 12.1 Å². The van der Waals surface area contributed by atoms with Crippen molar-refractivity contribution in [2.45, 2.75) is 0 Å². The lowest BCUT2D eigenvalue weighted by Gasteiger charge is -2.15. The van der Waals surface area contributed by atoms with Crippen LogP contribution in [0.15, 0.2) is 72.9 Å². The van der Waals surface area contributed by atoms with Gasteiger partial charge < -0.3 is 24.6 Å². The highest BCUT2D eigenvalue weighted by Crippen LogP contribution is 2.38. The van der Waals surface area contributed by atoms with Crippen LogP contribution in [-0.2, 0) is 0 Å². The zero-order valence-corrected chi connectivity index (χ0v) is 17.0. The Kier molecular flexibility index (Phi) is 5.57. The molecule has 2 N–H and O–H groups in total. The Balaban J connectivity index is 1.73. The number of hydrogen-bond donors (Lipinski definition) is 2. The first-order valence-electron chi connectivity index (χ1n) is 9.47. The number of rotatable bonds is 6. The first-order valence-corrected chi connectivity index (χ1v) is 9.47. The van der Waals surface area contributed by atoms with Gasteiger partial charge in [0.25, 0.3) is 5.91 Å². The van der Waals surface area contributed by atoms with Crippen LogP contribution in [0.4, 0.5) is 5.69 Å². The summed E-state index contributed by atoms with van der Waals surface area (Å²) in [7, 11) is 3.10. The topological polar surface area (TPSA) is 89.9 Å². The number of aromatic hydroxyl groups is 1. The number of pyridine rings is 1. The molecule has 0 unspecified atom stereocenters. The van der Waals surface area contributed by atoms with Gasteiger partial charge in [-0.3, -0.25) is 9.78 Å². The number of carbonyl (C=O) groups excluding carboxylic acids is 1. The number of ether oxygens (including phenoxy) is 3. The second kappa shape index (κ2) is 8.62. The molecule has 1 aromatic heterocycles. The maximum absolute atomic E-state index is 12.9. The molecule has 7 heteroatoms. The van der Waals surface area contributed by atoms with Gasteiger partial charge in [0, 0.05) is 23.3 Å². The standard InChI is InChI=1S/C24H20N2O5/c1-29-22-13-17-19(14-23(22)30-2)25-11-10-21(17)31-20-9-8-16(27)12-18(20)24(28)26-15-6-4-3-5-7-15/h3-14,27H,1-2H3,(H,26,28). The van der Waals surface area contributed by atoms with E-state index in [1.807, 2.05) is 18.2 Å². The molecule has 4 rings (SSSR count). The summed E-state index contributed by atoms with van der Waals surface area (Å²) in [5.41, 5.74) is 1.46. The van der Waals surface area contributed by atoms with E-state index in [4.69, 9.17) is 14.2 Å². The molecule has 0 aliphatic rings. The zero-order chi connectivity index (χ0) is 21.8. The summed E-state index contributed by atoms with van der Waals surface area (Å²) < 4.78 is 16.8. The summed E-state index contributed by atoms with van der Waals surface area (Å²) in [5.74, 6) is 1.39. The van der Waals surface area contributed by atoms with Gasteiger partial charge in [0.15, 0.2) is 11.5 Å². The minimum atomic E-state index is -0.408. The van der Waals surface area contributed by atoms with Gasteiger partial charge in [-0.05, 0) is 42.5 Å². The predicted octanol–water partition coefficient (Wildman–Crippen LogP) is 5.00. The van der Waals surface area contributed by atoms with E-state index in [1.54, 1.807) is 56.8 Å². The van der Waals surface area contributed by atoms with Crippen LogP contribution in [0, 0.1) is 0 Å². The van der Waals surface area contributed by atoms with Crippen LogP contribution in [0.25, 0.3) is 10.9 Å². The fourth-order valence-corrected chi connectivity index (χ4v) is 3.16. The van der Waals surface area contributed by atoms with Crippen molar-refractivity contribution < 1.29 is 24.1 Å². The van der Waals surface area contributed by atoms with E-state index in [-0.39, 0.29) is 17.1 Å². The van der Waals surface area contributed by atoms with Crippen molar-refractivity contribution in [3.8, 4) is 28.7 Å². The summed E-state index contributed by atoms with van der Waals surface area (Å²) in [4.78, 5) is 17.2. The predicted molar refractivity (Wildman–Crippen MR) is 117 cm³/mol. The van der Waals surface area contributed by atoms with Gasteiger partial charge in [0.1, 0.15) is 17.2 Å². The number of methoxy groups -OCH3 is 2. The molecule has 7 nitrogen and oxygen atoms in total. The molecule has 1 heterocycles. The number of phenolic OH excluding ortho intramolecular Hbond substituents is 1. The number of anilines is 1. The van der Waals surface area contributed by atoms with Crippen LogP contribution >= 0.6 is 0 Å². The number of benzene rings is 3. The van der Waals surface area contributed by atoms with E-state index in [0.717, 1.165) is 0 Å². The van der Waals surface area contributed by atoms with Gasteiger partial charge in [-0.1, -0.05) is 18.2 Å². The smallest absolute Gasteiger partial charge is 0.259 e. The summed E-state index contributed by atoms with van der Waals surface area (Å²) in [6.45, 7) is 0. The van der Waals surface area contributed by atoms with Crippen LogP contribution in [0.5, 0.6) is 28.7 Å². The fourth-order valence-electron chi connectivity index (χ4n) is 3.16. The van der Waals surface area contributed by atoms with Crippen molar-refractivity contribution >= 4 is 22.5 Å². The van der Waals surface area contributed by atoms with E-state index >= 15 is 0 Å². The van der Waals surface area contributed by atoms with Crippen molar-refractivity contribution in [1.82, 2.24) is 4.98 Å². The third kappa shape index (κ3) is 4.20. The molecule has 0 radical (unpaired) electrons. The largest absolute Gasteiger partial charge is 0.508 e. The SMILES string of the molecule is COc1cc2nccc(Oc3ccc(O)cc3C(=O)Nc3ccccc3)c2cc1OC. The zero-order valence-electron chi connectivity index (χ0n) is 17.0. The molecule has 0 atom stereocenters. The molecule has 0 spiro atoms. The lowest BCUT2D eigenvalue weighted by molar-refractivity contribution is 0.102. The summed E-state index contributed by atoms with van der Waals surface area (Å²) >= 11 is 0.